The van der Waals surface area contributed by atoms with E-state index in [-0.39, 0.29) is 26.0 Å². The molecule has 9 aromatic carbocycles. The number of benzene rings is 9. The van der Waals surface area contributed by atoms with Crippen molar-refractivity contribution in [3.63, 3.8) is 0 Å². The Balaban J connectivity index is 0.000000167. The summed E-state index contributed by atoms with van der Waals surface area (Å²) in [6, 6.07) is 79.6. The minimum absolute atomic E-state index is 0. The summed E-state index contributed by atoms with van der Waals surface area (Å²) >= 11 is 0. The SMILES string of the molecule is CC(C)c1cccc(C(C)C)c1C1C=CN=C1c1[c-]ccc2c1oc1cc3c(ccc4ccccc43)cc12.[Ir+3].[c-]1ccccc1-c1cc(CCc2ccccc2Oc2ccccc2CCc2cc[c-]c(-c3ccccn3)c2)ccn1. The van der Waals surface area contributed by atoms with Crippen molar-refractivity contribution in [1.29, 1.82) is 0 Å². The molecular weight excluding hydrogens is 1160 g/mol. The summed E-state index contributed by atoms with van der Waals surface area (Å²) in [5.41, 5.74) is 16.7. The van der Waals surface area contributed by atoms with E-state index in [1.807, 2.05) is 85.3 Å². The number of para-hydroxylation sites is 2. The molecule has 5 nitrogen and oxygen atoms in total. The Morgan fingerprint density at radius 2 is 1.18 bits per heavy atom. The van der Waals surface area contributed by atoms with E-state index >= 15 is 0 Å². The van der Waals surface area contributed by atoms with E-state index in [1.54, 1.807) is 0 Å². The molecule has 0 amide bonds. The first-order chi connectivity index (χ1) is 38.8. The molecule has 12 aromatic rings. The molecular formula is C74H60IrN3O2. The molecule has 1 aliphatic heterocycles. The summed E-state index contributed by atoms with van der Waals surface area (Å²) in [4.78, 5) is 13.9. The third-order valence-electron chi connectivity index (χ3n) is 15.2. The van der Waals surface area contributed by atoms with Crippen LogP contribution in [0.15, 0.2) is 234 Å². The number of aryl methyl sites for hydroxylation is 4. The maximum atomic E-state index is 6.65. The summed E-state index contributed by atoms with van der Waals surface area (Å²) in [6.07, 6.45) is 11.4. The number of allylic oxidation sites excluding steroid dienone is 1. The first kappa shape index (κ1) is 53.5. The van der Waals surface area contributed by atoms with Crippen LogP contribution in [0, 0.1) is 18.2 Å². The van der Waals surface area contributed by atoms with Gasteiger partial charge < -0.3 is 24.1 Å². The van der Waals surface area contributed by atoms with Gasteiger partial charge in [0.2, 0.25) is 0 Å². The zero-order chi connectivity index (χ0) is 53.7. The molecule has 0 spiro atoms. The number of fused-ring (bicyclic) bond motifs is 6. The number of rotatable bonds is 14. The molecule has 6 heteroatoms. The molecule has 13 rings (SSSR count). The summed E-state index contributed by atoms with van der Waals surface area (Å²) in [5.74, 6) is 2.72. The minimum atomic E-state index is 0. The van der Waals surface area contributed by atoms with Crippen LogP contribution in [0.2, 0.25) is 0 Å². The van der Waals surface area contributed by atoms with Crippen molar-refractivity contribution < 1.29 is 29.3 Å². The van der Waals surface area contributed by atoms with E-state index in [4.69, 9.17) is 14.1 Å². The fraction of sp³-hybridized carbons (Fsp3) is 0.149. The Morgan fingerprint density at radius 3 is 1.91 bits per heavy atom. The average molecular weight is 1220 g/mol. The molecule has 3 aromatic heterocycles. The van der Waals surface area contributed by atoms with Gasteiger partial charge in [0.1, 0.15) is 17.1 Å². The third kappa shape index (κ3) is 11.3. The van der Waals surface area contributed by atoms with Gasteiger partial charge in [-0.3, -0.25) is 0 Å². The molecule has 1 unspecified atom stereocenters. The first-order valence-corrected chi connectivity index (χ1v) is 27.6. The number of furan rings is 1. The molecule has 0 N–H and O–H groups in total. The second-order valence-corrected chi connectivity index (χ2v) is 21.0. The van der Waals surface area contributed by atoms with Crippen LogP contribution < -0.4 is 4.74 Å². The van der Waals surface area contributed by atoms with Crippen molar-refractivity contribution in [1.82, 2.24) is 9.97 Å². The van der Waals surface area contributed by atoms with Crippen LogP contribution >= 0.6 is 0 Å². The van der Waals surface area contributed by atoms with Gasteiger partial charge in [-0.25, -0.2) is 0 Å². The molecule has 1 aliphatic rings. The fourth-order valence-electron chi connectivity index (χ4n) is 11.2. The van der Waals surface area contributed by atoms with Crippen LogP contribution in [0.4, 0.5) is 0 Å². The van der Waals surface area contributed by atoms with Crippen LogP contribution in [0.5, 0.6) is 11.5 Å². The van der Waals surface area contributed by atoms with E-state index in [0.29, 0.717) is 11.8 Å². The third-order valence-corrected chi connectivity index (χ3v) is 15.2. The monoisotopic (exact) mass is 1220 g/mol. The second kappa shape index (κ2) is 24.2. The van der Waals surface area contributed by atoms with Gasteiger partial charge in [0, 0.05) is 29.9 Å². The molecule has 0 aliphatic carbocycles. The number of pyridine rings is 2. The van der Waals surface area contributed by atoms with Crippen molar-refractivity contribution >= 4 is 49.2 Å². The number of nitrogens with zero attached hydrogens (tertiary/aromatic N) is 3. The van der Waals surface area contributed by atoms with Gasteiger partial charge in [-0.15, -0.1) is 89.5 Å². The van der Waals surface area contributed by atoms with Gasteiger partial charge in [-0.05, 0) is 140 Å². The number of hydrogen-bond acceptors (Lipinski definition) is 5. The summed E-state index contributed by atoms with van der Waals surface area (Å²) < 4.78 is 13.2. The predicted molar refractivity (Wildman–Crippen MR) is 325 cm³/mol. The summed E-state index contributed by atoms with van der Waals surface area (Å²) in [7, 11) is 0. The number of ether oxygens (including phenoxy) is 1. The van der Waals surface area contributed by atoms with Crippen molar-refractivity contribution in [2.45, 2.75) is 71.1 Å². The number of hydrogen-bond donors (Lipinski definition) is 0. The maximum absolute atomic E-state index is 6.65. The molecule has 4 heterocycles. The Bertz CT molecular complexity index is 4040. The number of aromatic nitrogens is 2. The molecule has 0 radical (unpaired) electrons. The molecule has 392 valence electrons. The molecule has 1 atom stereocenters. The Kier molecular flexibility index (Phi) is 16.2. The van der Waals surface area contributed by atoms with Gasteiger partial charge in [0.15, 0.2) is 0 Å². The van der Waals surface area contributed by atoms with Gasteiger partial charge in [0.25, 0.3) is 0 Å². The molecule has 0 saturated heterocycles. The van der Waals surface area contributed by atoms with E-state index in [1.165, 1.54) is 60.5 Å². The topological polar surface area (TPSA) is 60.5 Å². The molecule has 0 bridgehead atoms. The van der Waals surface area contributed by atoms with Crippen LogP contribution in [0.3, 0.4) is 0 Å². The van der Waals surface area contributed by atoms with E-state index in [2.05, 4.69) is 195 Å². The largest absolute Gasteiger partial charge is 3.00 e. The van der Waals surface area contributed by atoms with Crippen molar-refractivity contribution in [3.05, 3.63) is 288 Å². The van der Waals surface area contributed by atoms with Crippen molar-refractivity contribution in [2.75, 3.05) is 0 Å². The quantitative estimate of drug-likeness (QED) is 0.0804. The Labute approximate surface area is 483 Å². The van der Waals surface area contributed by atoms with Gasteiger partial charge in [-0.1, -0.05) is 159 Å². The van der Waals surface area contributed by atoms with Crippen LogP contribution in [0.1, 0.15) is 90.0 Å². The number of aliphatic imine (C=N–C) groups is 1. The van der Waals surface area contributed by atoms with E-state index in [0.717, 1.165) is 92.9 Å². The first-order valence-electron chi connectivity index (χ1n) is 27.6. The standard InChI is InChI=1S/C38H30N2O.C36H30NO.Ir/c1-2-12-31(13-3-1)36-28-30(24-26-40-36)21-23-33-15-5-7-19-38(33)41-37-18-6-4-14-32(37)22-20-29-11-10-16-34(27-29)35-17-8-9-25-39-35;1-21(2)25-11-7-12-26(22(3)4)34(25)29-17-18-37-35(29)30-14-8-13-28-32-19-24-16-15-23-9-5-6-10-27(23)31(24)20-33(32)38-36(28)30;/h1-12,14-15,17-19,24-28H,20-23H2;5-13,15-22,29H,1-4H3;/q-2;-1;+3. The second-order valence-electron chi connectivity index (χ2n) is 21.0. The van der Waals surface area contributed by atoms with Crippen LogP contribution in [-0.4, -0.2) is 15.7 Å². The Morgan fingerprint density at radius 1 is 0.500 bits per heavy atom. The summed E-state index contributed by atoms with van der Waals surface area (Å²) in [6.45, 7) is 9.11. The predicted octanol–water partition coefficient (Wildman–Crippen LogP) is 18.8. The zero-order valence-electron chi connectivity index (χ0n) is 45.4. The smallest absolute Gasteiger partial charge is 0.501 e. The maximum Gasteiger partial charge on any atom is 3.00 e. The van der Waals surface area contributed by atoms with Crippen LogP contribution in [0.25, 0.3) is 66.0 Å². The Hall–Kier alpha value is -8.54. The van der Waals surface area contributed by atoms with Crippen LogP contribution in [-0.2, 0) is 45.8 Å². The van der Waals surface area contributed by atoms with Gasteiger partial charge >= 0.3 is 20.1 Å². The normalized spacial score (nSPS) is 13.0. The van der Waals surface area contributed by atoms with Crippen molar-refractivity contribution in [3.8, 4) is 34.0 Å². The summed E-state index contributed by atoms with van der Waals surface area (Å²) in [5, 5.41) is 7.16. The van der Waals surface area contributed by atoms with Crippen molar-refractivity contribution in [2.24, 2.45) is 4.99 Å². The molecule has 0 fully saturated rings. The molecule has 0 saturated carbocycles. The average Bonchev–Trinajstić information content (AvgIpc) is 4.35. The van der Waals surface area contributed by atoms with E-state index < -0.39 is 0 Å². The zero-order valence-corrected chi connectivity index (χ0v) is 47.8. The fourth-order valence-corrected chi connectivity index (χ4v) is 11.2. The minimum Gasteiger partial charge on any atom is -0.501 e. The molecule has 80 heavy (non-hydrogen) atoms. The van der Waals surface area contributed by atoms with Gasteiger partial charge in [0.05, 0.1) is 5.58 Å². The van der Waals surface area contributed by atoms with E-state index in [9.17, 15) is 0 Å². The van der Waals surface area contributed by atoms with Gasteiger partial charge in [-0.2, -0.15) is 0 Å².